The van der Waals surface area contributed by atoms with Crippen LogP contribution < -0.4 is 10.1 Å². The van der Waals surface area contributed by atoms with Crippen LogP contribution in [0.3, 0.4) is 0 Å². The van der Waals surface area contributed by atoms with E-state index < -0.39 is 0 Å². The van der Waals surface area contributed by atoms with Crippen molar-refractivity contribution in [1.29, 1.82) is 5.26 Å². The maximum atomic E-state index is 9.26. The maximum absolute atomic E-state index is 9.26. The first-order chi connectivity index (χ1) is 10.2. The summed E-state index contributed by atoms with van der Waals surface area (Å²) in [5.74, 6) is 0.891. The summed E-state index contributed by atoms with van der Waals surface area (Å²) in [6.45, 7) is 3.62. The highest BCUT2D eigenvalue weighted by Gasteiger charge is 2.10. The molecule has 5 heteroatoms. The highest BCUT2D eigenvalue weighted by molar-refractivity contribution is 6.42. The summed E-state index contributed by atoms with van der Waals surface area (Å²) in [6.07, 6.45) is 0. The van der Waals surface area contributed by atoms with Crippen molar-refractivity contribution >= 4 is 23.2 Å². The summed E-state index contributed by atoms with van der Waals surface area (Å²) >= 11 is 12.0. The molecule has 0 aliphatic heterocycles. The minimum atomic E-state index is 0.333. The van der Waals surface area contributed by atoms with E-state index in [9.17, 15) is 5.26 Å². The monoisotopic (exact) mass is 320 g/mol. The third kappa shape index (κ3) is 3.89. The number of ether oxygens (including phenoxy) is 1. The number of hydrogen-bond acceptors (Lipinski definition) is 3. The molecule has 3 nitrogen and oxygen atoms in total. The molecule has 2 aromatic carbocycles. The maximum Gasteiger partial charge on any atom is 0.147 e. The van der Waals surface area contributed by atoms with Gasteiger partial charge in [0, 0.05) is 6.54 Å². The third-order valence-corrected chi connectivity index (χ3v) is 3.68. The molecule has 0 spiro atoms. The molecule has 108 valence electrons. The number of nitrogens with one attached hydrogen (secondary N) is 1. The molecule has 0 heterocycles. The Hall–Kier alpha value is -1.73. The minimum absolute atomic E-state index is 0.333. The van der Waals surface area contributed by atoms with Crippen molar-refractivity contribution in [2.24, 2.45) is 0 Å². The van der Waals surface area contributed by atoms with Gasteiger partial charge in [0.2, 0.25) is 0 Å². The van der Waals surface area contributed by atoms with Gasteiger partial charge in [-0.3, -0.25) is 0 Å². The number of rotatable bonds is 5. The number of hydrogen-bond donors (Lipinski definition) is 1. The first-order valence-electron chi connectivity index (χ1n) is 6.51. The summed E-state index contributed by atoms with van der Waals surface area (Å²) in [7, 11) is 0. The van der Waals surface area contributed by atoms with Crippen LogP contribution in [0, 0.1) is 11.3 Å². The highest BCUT2D eigenvalue weighted by Crippen LogP contribution is 2.35. The fourth-order valence-electron chi connectivity index (χ4n) is 1.81. The highest BCUT2D eigenvalue weighted by atomic mass is 35.5. The van der Waals surface area contributed by atoms with E-state index in [1.165, 1.54) is 0 Å². The number of benzene rings is 2. The van der Waals surface area contributed by atoms with Crippen molar-refractivity contribution in [3.8, 4) is 17.6 Å². The lowest BCUT2D eigenvalue weighted by Gasteiger charge is -2.11. The van der Waals surface area contributed by atoms with Crippen LogP contribution in [0.4, 0.5) is 0 Å². The van der Waals surface area contributed by atoms with Gasteiger partial charge in [-0.2, -0.15) is 5.26 Å². The predicted octanol–water partition coefficient (Wildman–Crippen LogP) is 4.77. The van der Waals surface area contributed by atoms with Gasteiger partial charge >= 0.3 is 0 Å². The molecular weight excluding hydrogens is 307 g/mol. The van der Waals surface area contributed by atoms with E-state index in [1.807, 2.05) is 13.0 Å². The van der Waals surface area contributed by atoms with Crippen LogP contribution in [-0.4, -0.2) is 6.54 Å². The second-order valence-electron chi connectivity index (χ2n) is 4.38. The third-order valence-electron chi connectivity index (χ3n) is 2.88. The Morgan fingerprint density at radius 1 is 1.19 bits per heavy atom. The zero-order chi connectivity index (χ0) is 15.2. The molecule has 2 aromatic rings. The Morgan fingerprint density at radius 3 is 2.71 bits per heavy atom. The van der Waals surface area contributed by atoms with Crippen LogP contribution in [0.1, 0.15) is 18.1 Å². The van der Waals surface area contributed by atoms with E-state index in [1.54, 1.807) is 30.3 Å². The average Bonchev–Trinajstić information content (AvgIpc) is 2.50. The van der Waals surface area contributed by atoms with Crippen molar-refractivity contribution in [2.45, 2.75) is 13.5 Å². The van der Waals surface area contributed by atoms with E-state index in [2.05, 4.69) is 11.4 Å². The lowest BCUT2D eigenvalue weighted by atomic mass is 10.1. The van der Waals surface area contributed by atoms with Crippen LogP contribution in [0.25, 0.3) is 0 Å². The first kappa shape index (κ1) is 15.7. The molecule has 0 saturated heterocycles. The number of nitriles is 1. The Labute approximate surface area is 134 Å². The second-order valence-corrected chi connectivity index (χ2v) is 5.16. The molecule has 0 unspecified atom stereocenters. The summed E-state index contributed by atoms with van der Waals surface area (Å²) in [5.41, 5.74) is 1.49. The van der Waals surface area contributed by atoms with E-state index in [-0.39, 0.29) is 0 Å². The molecule has 0 saturated carbocycles. The Balaban J connectivity index is 2.28. The van der Waals surface area contributed by atoms with E-state index in [0.29, 0.717) is 33.7 Å². The van der Waals surface area contributed by atoms with E-state index in [0.717, 1.165) is 12.1 Å². The molecule has 0 aromatic heterocycles. The molecular formula is C16H14Cl2N2O. The smallest absolute Gasteiger partial charge is 0.147 e. The fraction of sp³-hybridized carbons (Fsp3) is 0.188. The van der Waals surface area contributed by atoms with Gasteiger partial charge in [-0.05, 0) is 36.4 Å². The Morgan fingerprint density at radius 2 is 2.00 bits per heavy atom. The van der Waals surface area contributed by atoms with Gasteiger partial charge in [0.25, 0.3) is 0 Å². The predicted molar refractivity (Wildman–Crippen MR) is 85.1 cm³/mol. The van der Waals surface area contributed by atoms with Gasteiger partial charge in [0.05, 0.1) is 10.6 Å². The molecule has 0 fully saturated rings. The van der Waals surface area contributed by atoms with Crippen LogP contribution in [0.2, 0.25) is 10.0 Å². The largest absolute Gasteiger partial charge is 0.454 e. The van der Waals surface area contributed by atoms with Crippen molar-refractivity contribution in [3.63, 3.8) is 0 Å². The zero-order valence-corrected chi connectivity index (χ0v) is 13.0. The molecule has 2 rings (SSSR count). The number of nitrogens with zero attached hydrogens (tertiary/aromatic N) is 1. The molecule has 1 N–H and O–H groups in total. The van der Waals surface area contributed by atoms with E-state index in [4.69, 9.17) is 27.9 Å². The van der Waals surface area contributed by atoms with Crippen molar-refractivity contribution in [2.75, 3.05) is 6.54 Å². The van der Waals surface area contributed by atoms with Gasteiger partial charge in [-0.1, -0.05) is 42.3 Å². The van der Waals surface area contributed by atoms with Crippen LogP contribution >= 0.6 is 23.2 Å². The molecule has 0 atom stereocenters. The average molecular weight is 321 g/mol. The Kier molecular flexibility index (Phi) is 5.46. The number of halogens is 2. The standard InChI is InChI=1S/C16H14Cl2N2O/c1-2-20-10-11-6-7-14(12(8-11)9-19)21-15-5-3-4-13(17)16(15)18/h3-8,20H,2,10H2,1H3. The van der Waals surface area contributed by atoms with Crippen LogP contribution in [0.15, 0.2) is 36.4 Å². The topological polar surface area (TPSA) is 45.0 Å². The Bertz CT molecular complexity index is 680. The molecule has 0 aliphatic rings. The van der Waals surface area contributed by atoms with Gasteiger partial charge in [-0.15, -0.1) is 0 Å². The summed E-state index contributed by atoms with van der Waals surface area (Å²) in [5, 5.41) is 13.2. The van der Waals surface area contributed by atoms with Crippen LogP contribution in [0.5, 0.6) is 11.5 Å². The van der Waals surface area contributed by atoms with Gasteiger partial charge in [-0.25, -0.2) is 0 Å². The van der Waals surface area contributed by atoms with Gasteiger partial charge in [0.15, 0.2) is 0 Å². The lowest BCUT2D eigenvalue weighted by molar-refractivity contribution is 0.481. The van der Waals surface area contributed by atoms with E-state index >= 15 is 0 Å². The van der Waals surface area contributed by atoms with Crippen molar-refractivity contribution < 1.29 is 4.74 Å². The lowest BCUT2D eigenvalue weighted by Crippen LogP contribution is -2.11. The summed E-state index contributed by atoms with van der Waals surface area (Å²) in [4.78, 5) is 0. The fourth-order valence-corrected chi connectivity index (χ4v) is 2.14. The SMILES string of the molecule is CCNCc1ccc(Oc2cccc(Cl)c2Cl)c(C#N)c1. The second kappa shape index (κ2) is 7.33. The molecule has 0 amide bonds. The summed E-state index contributed by atoms with van der Waals surface area (Å²) < 4.78 is 5.71. The molecule has 0 radical (unpaired) electrons. The minimum Gasteiger partial charge on any atom is -0.454 e. The summed E-state index contributed by atoms with van der Waals surface area (Å²) in [6, 6.07) is 12.8. The van der Waals surface area contributed by atoms with Gasteiger partial charge < -0.3 is 10.1 Å². The molecule has 21 heavy (non-hydrogen) atoms. The van der Waals surface area contributed by atoms with Gasteiger partial charge in [0.1, 0.15) is 22.6 Å². The zero-order valence-electron chi connectivity index (χ0n) is 11.5. The normalized spacial score (nSPS) is 10.2. The van der Waals surface area contributed by atoms with Crippen LogP contribution in [-0.2, 0) is 6.54 Å². The molecule has 0 bridgehead atoms. The van der Waals surface area contributed by atoms with Crippen molar-refractivity contribution in [1.82, 2.24) is 5.32 Å². The van der Waals surface area contributed by atoms with Crippen molar-refractivity contribution in [3.05, 3.63) is 57.6 Å². The quantitative estimate of drug-likeness (QED) is 0.863. The first-order valence-corrected chi connectivity index (χ1v) is 7.27. The molecule has 0 aliphatic carbocycles.